The second-order valence-corrected chi connectivity index (χ2v) is 7.09. The minimum atomic E-state index is -4.05. The van der Waals surface area contributed by atoms with Gasteiger partial charge in [-0.3, -0.25) is 9.52 Å². The molecular formula is C16H16ClNO6S. The van der Waals surface area contributed by atoms with Gasteiger partial charge in [0.25, 0.3) is 10.0 Å². The van der Waals surface area contributed by atoms with Crippen LogP contribution < -0.4 is 14.2 Å². The van der Waals surface area contributed by atoms with Gasteiger partial charge in [-0.15, -0.1) is 0 Å². The number of nitrogens with one attached hydrogen (secondary N) is 1. The zero-order valence-corrected chi connectivity index (χ0v) is 15.0. The molecule has 0 atom stereocenters. The van der Waals surface area contributed by atoms with Gasteiger partial charge >= 0.3 is 5.97 Å². The Morgan fingerprint density at radius 1 is 1.12 bits per heavy atom. The molecule has 0 radical (unpaired) electrons. The van der Waals surface area contributed by atoms with Crippen molar-refractivity contribution in [2.75, 3.05) is 18.9 Å². The summed E-state index contributed by atoms with van der Waals surface area (Å²) in [7, 11) is -1.32. The first-order chi connectivity index (χ1) is 11.8. The van der Waals surface area contributed by atoms with Gasteiger partial charge in [0.05, 0.1) is 25.5 Å². The van der Waals surface area contributed by atoms with Crippen LogP contribution in [-0.4, -0.2) is 33.7 Å². The number of ether oxygens (including phenoxy) is 2. The third kappa shape index (κ3) is 4.55. The van der Waals surface area contributed by atoms with Gasteiger partial charge in [-0.1, -0.05) is 11.6 Å². The number of aliphatic carboxylic acids is 1. The van der Waals surface area contributed by atoms with E-state index in [2.05, 4.69) is 4.72 Å². The molecule has 9 heteroatoms. The van der Waals surface area contributed by atoms with Crippen LogP contribution in [0.3, 0.4) is 0 Å². The number of carboxylic acids is 1. The predicted octanol–water partition coefficient (Wildman–Crippen LogP) is 2.79. The summed E-state index contributed by atoms with van der Waals surface area (Å²) in [4.78, 5) is 10.9. The third-order valence-electron chi connectivity index (χ3n) is 3.29. The van der Waals surface area contributed by atoms with Crippen LogP contribution in [0.4, 0.5) is 5.69 Å². The molecule has 134 valence electrons. The molecule has 0 saturated heterocycles. The Bertz CT molecular complexity index is 880. The Labute approximate surface area is 150 Å². The van der Waals surface area contributed by atoms with Crippen molar-refractivity contribution in [2.45, 2.75) is 11.3 Å². The number of carboxylic acid groups (broad SMARTS) is 1. The second kappa shape index (κ2) is 7.62. The quantitative estimate of drug-likeness (QED) is 0.759. The summed E-state index contributed by atoms with van der Waals surface area (Å²) in [6.45, 7) is 0. The molecule has 2 aromatic rings. The van der Waals surface area contributed by atoms with Crippen LogP contribution in [-0.2, 0) is 21.2 Å². The molecule has 0 fully saturated rings. The van der Waals surface area contributed by atoms with E-state index in [0.29, 0.717) is 10.7 Å². The van der Waals surface area contributed by atoms with Crippen molar-refractivity contribution < 1.29 is 27.8 Å². The number of anilines is 1. The van der Waals surface area contributed by atoms with E-state index >= 15 is 0 Å². The number of methoxy groups -OCH3 is 2. The maximum Gasteiger partial charge on any atom is 0.307 e. The van der Waals surface area contributed by atoms with Crippen molar-refractivity contribution in [1.82, 2.24) is 0 Å². The minimum absolute atomic E-state index is 0.0756. The smallest absolute Gasteiger partial charge is 0.307 e. The van der Waals surface area contributed by atoms with Gasteiger partial charge in [0, 0.05) is 16.8 Å². The number of carbonyl (C=O) groups is 1. The summed E-state index contributed by atoms with van der Waals surface area (Å²) in [5.41, 5.74) is 0.368. The average molecular weight is 386 g/mol. The van der Waals surface area contributed by atoms with E-state index in [9.17, 15) is 13.2 Å². The lowest BCUT2D eigenvalue weighted by atomic mass is 10.1. The maximum absolute atomic E-state index is 12.7. The number of hydrogen-bond acceptors (Lipinski definition) is 5. The molecule has 0 amide bonds. The monoisotopic (exact) mass is 385 g/mol. The van der Waals surface area contributed by atoms with Gasteiger partial charge < -0.3 is 14.6 Å². The van der Waals surface area contributed by atoms with Crippen molar-refractivity contribution >= 4 is 33.3 Å². The lowest BCUT2D eigenvalue weighted by molar-refractivity contribution is -0.136. The molecule has 0 unspecified atom stereocenters. The van der Waals surface area contributed by atoms with Crippen LogP contribution in [0.5, 0.6) is 11.5 Å². The van der Waals surface area contributed by atoms with Crippen LogP contribution in [0.15, 0.2) is 41.3 Å². The molecule has 0 heterocycles. The number of rotatable bonds is 7. The number of benzene rings is 2. The van der Waals surface area contributed by atoms with Crippen molar-refractivity contribution in [2.24, 2.45) is 0 Å². The number of hydrogen-bond donors (Lipinski definition) is 2. The lowest BCUT2D eigenvalue weighted by Gasteiger charge is -2.15. The fraction of sp³-hybridized carbons (Fsp3) is 0.188. The van der Waals surface area contributed by atoms with E-state index in [1.165, 1.54) is 50.6 Å². The SMILES string of the molecule is COc1cc(CC(=O)O)c(S(=O)(=O)Nc2ccc(Cl)cc2)cc1OC. The highest BCUT2D eigenvalue weighted by Gasteiger charge is 2.23. The van der Waals surface area contributed by atoms with Gasteiger partial charge in [-0.25, -0.2) is 8.42 Å². The van der Waals surface area contributed by atoms with Crippen LogP contribution in [0.1, 0.15) is 5.56 Å². The first-order valence-electron chi connectivity index (χ1n) is 7.02. The second-order valence-electron chi connectivity index (χ2n) is 5.00. The molecule has 7 nitrogen and oxygen atoms in total. The molecule has 25 heavy (non-hydrogen) atoms. The standard InChI is InChI=1S/C16H16ClNO6S/c1-23-13-7-10(8-16(19)20)15(9-14(13)24-2)25(21,22)18-12-5-3-11(17)4-6-12/h3-7,9,18H,8H2,1-2H3,(H,19,20). The van der Waals surface area contributed by atoms with Crippen molar-refractivity contribution in [3.05, 3.63) is 47.0 Å². The fourth-order valence-electron chi connectivity index (χ4n) is 2.18. The van der Waals surface area contributed by atoms with E-state index < -0.39 is 22.4 Å². The average Bonchev–Trinajstić information content (AvgIpc) is 2.55. The van der Waals surface area contributed by atoms with Crippen molar-refractivity contribution in [1.29, 1.82) is 0 Å². The Morgan fingerprint density at radius 3 is 2.20 bits per heavy atom. The van der Waals surface area contributed by atoms with Crippen LogP contribution in [0, 0.1) is 0 Å². The molecule has 0 bridgehead atoms. The first-order valence-corrected chi connectivity index (χ1v) is 8.88. The van der Waals surface area contributed by atoms with Gasteiger partial charge in [0.15, 0.2) is 11.5 Å². The van der Waals surface area contributed by atoms with Gasteiger partial charge in [0.1, 0.15) is 0 Å². The van der Waals surface area contributed by atoms with Crippen molar-refractivity contribution in [3.8, 4) is 11.5 Å². The number of sulfonamides is 1. The summed E-state index contributed by atoms with van der Waals surface area (Å²) < 4.78 is 38.1. The molecule has 0 saturated carbocycles. The molecule has 0 spiro atoms. The van der Waals surface area contributed by atoms with Gasteiger partial charge in [0.2, 0.25) is 0 Å². The summed E-state index contributed by atoms with van der Waals surface area (Å²) in [6, 6.07) is 8.63. The molecule has 0 aromatic heterocycles. The largest absolute Gasteiger partial charge is 0.493 e. The molecule has 2 aromatic carbocycles. The summed E-state index contributed by atoms with van der Waals surface area (Å²) in [6.07, 6.45) is -0.489. The molecular weight excluding hydrogens is 370 g/mol. The Balaban J connectivity index is 2.53. The Kier molecular flexibility index (Phi) is 5.76. The van der Waals surface area contributed by atoms with Crippen LogP contribution in [0.2, 0.25) is 5.02 Å². The number of halogens is 1. The highest BCUT2D eigenvalue weighted by Crippen LogP contribution is 2.34. The molecule has 2 N–H and O–H groups in total. The lowest BCUT2D eigenvalue weighted by Crippen LogP contribution is -2.17. The zero-order chi connectivity index (χ0) is 18.6. The predicted molar refractivity (Wildman–Crippen MR) is 93.1 cm³/mol. The van der Waals surface area contributed by atoms with Gasteiger partial charge in [-0.05, 0) is 35.9 Å². The topological polar surface area (TPSA) is 102 Å². The van der Waals surface area contributed by atoms with Crippen molar-refractivity contribution in [3.63, 3.8) is 0 Å². The molecule has 2 rings (SSSR count). The Morgan fingerprint density at radius 2 is 1.68 bits per heavy atom. The first kappa shape index (κ1) is 18.9. The maximum atomic E-state index is 12.7. The van der Waals surface area contributed by atoms with Gasteiger partial charge in [-0.2, -0.15) is 0 Å². The summed E-state index contributed by atoms with van der Waals surface area (Å²) in [5, 5.41) is 9.52. The summed E-state index contributed by atoms with van der Waals surface area (Å²) >= 11 is 5.78. The van der Waals surface area contributed by atoms with E-state index in [1.807, 2.05) is 0 Å². The summed E-state index contributed by atoms with van der Waals surface area (Å²) in [5.74, 6) is -0.757. The van der Waals surface area contributed by atoms with E-state index in [0.717, 1.165) is 0 Å². The molecule has 0 aliphatic rings. The highest BCUT2D eigenvalue weighted by molar-refractivity contribution is 7.92. The fourth-order valence-corrected chi connectivity index (χ4v) is 3.60. The minimum Gasteiger partial charge on any atom is -0.493 e. The zero-order valence-electron chi connectivity index (χ0n) is 13.4. The van der Waals surface area contributed by atoms with E-state index in [4.69, 9.17) is 26.2 Å². The molecule has 0 aliphatic heterocycles. The normalized spacial score (nSPS) is 11.0. The Hall–Kier alpha value is -2.45. The third-order valence-corrected chi connectivity index (χ3v) is 5.01. The van der Waals surface area contributed by atoms with E-state index in [-0.39, 0.29) is 22.0 Å². The van der Waals surface area contributed by atoms with E-state index in [1.54, 1.807) is 0 Å². The van der Waals surface area contributed by atoms with Crippen LogP contribution >= 0.6 is 11.6 Å². The highest BCUT2D eigenvalue weighted by atomic mass is 35.5. The van der Waals surface area contributed by atoms with Crippen LogP contribution in [0.25, 0.3) is 0 Å². The molecule has 0 aliphatic carbocycles.